The van der Waals surface area contributed by atoms with Gasteiger partial charge in [-0.1, -0.05) is 25.0 Å². The molecule has 1 aliphatic carbocycles. The molecule has 114 valence electrons. The molecule has 0 unspecified atom stereocenters. The molecule has 0 aromatic heterocycles. The van der Waals surface area contributed by atoms with Crippen LogP contribution in [0.1, 0.15) is 31.2 Å². The molecule has 1 saturated carbocycles. The van der Waals surface area contributed by atoms with E-state index in [0.717, 1.165) is 37.0 Å². The summed E-state index contributed by atoms with van der Waals surface area (Å²) in [6.45, 7) is 0.448. The number of hydrogen-bond acceptors (Lipinski definition) is 3. The van der Waals surface area contributed by atoms with Gasteiger partial charge in [0.15, 0.2) is 0 Å². The lowest BCUT2D eigenvalue weighted by molar-refractivity contribution is -0.139. The topological polar surface area (TPSA) is 67.4 Å². The number of rotatable bonds is 5. The van der Waals surface area contributed by atoms with E-state index in [-0.39, 0.29) is 6.04 Å². The van der Waals surface area contributed by atoms with Crippen LogP contribution in [0.15, 0.2) is 24.3 Å². The molecule has 1 aromatic rings. The van der Waals surface area contributed by atoms with Crippen LogP contribution in [0.5, 0.6) is 5.75 Å². The Kier molecular flexibility index (Phi) is 5.60. The molecule has 1 aromatic carbocycles. The average molecular weight is 290 g/mol. The third-order valence-electron chi connectivity index (χ3n) is 3.75. The van der Waals surface area contributed by atoms with Crippen molar-refractivity contribution in [1.82, 2.24) is 10.6 Å². The van der Waals surface area contributed by atoms with Crippen LogP contribution in [0, 0.1) is 0 Å². The van der Waals surface area contributed by atoms with Gasteiger partial charge in [-0.05, 0) is 37.0 Å². The van der Waals surface area contributed by atoms with E-state index in [1.807, 2.05) is 24.3 Å². The van der Waals surface area contributed by atoms with Gasteiger partial charge in [0.1, 0.15) is 5.75 Å². The maximum atomic E-state index is 11.7. The summed E-state index contributed by atoms with van der Waals surface area (Å²) in [6, 6.07) is 7.83. The Bertz CT molecular complexity index is 479. The smallest absolute Gasteiger partial charge is 0.309 e. The Morgan fingerprint density at radius 1 is 1.14 bits per heavy atom. The lowest BCUT2D eigenvalue weighted by Gasteiger charge is -2.11. The maximum absolute atomic E-state index is 11.7. The van der Waals surface area contributed by atoms with Crippen LogP contribution in [-0.2, 0) is 16.0 Å². The summed E-state index contributed by atoms with van der Waals surface area (Å²) in [6.07, 6.45) is 4.90. The van der Waals surface area contributed by atoms with Gasteiger partial charge in [0, 0.05) is 12.6 Å². The number of methoxy groups -OCH3 is 1. The molecule has 0 atom stereocenters. The highest BCUT2D eigenvalue weighted by Gasteiger charge is 2.20. The zero-order valence-electron chi connectivity index (χ0n) is 12.4. The first kappa shape index (κ1) is 15.4. The van der Waals surface area contributed by atoms with Crippen LogP contribution in [0.2, 0.25) is 0 Å². The van der Waals surface area contributed by atoms with Crippen LogP contribution < -0.4 is 15.4 Å². The second-order valence-electron chi connectivity index (χ2n) is 5.31. The van der Waals surface area contributed by atoms with Gasteiger partial charge in [-0.3, -0.25) is 9.59 Å². The molecule has 0 heterocycles. The van der Waals surface area contributed by atoms with Crippen LogP contribution in [0.25, 0.3) is 0 Å². The zero-order chi connectivity index (χ0) is 15.1. The molecular formula is C16H22N2O3. The first-order valence-corrected chi connectivity index (χ1v) is 7.40. The number of benzene rings is 1. The summed E-state index contributed by atoms with van der Waals surface area (Å²) in [5, 5.41) is 5.43. The van der Waals surface area contributed by atoms with E-state index in [9.17, 15) is 9.59 Å². The first-order chi connectivity index (χ1) is 10.2. The zero-order valence-corrected chi connectivity index (χ0v) is 12.4. The van der Waals surface area contributed by atoms with Crippen molar-refractivity contribution in [1.29, 1.82) is 0 Å². The number of carbonyl (C=O) groups is 2. The molecule has 2 rings (SSSR count). The van der Waals surface area contributed by atoms with E-state index in [0.29, 0.717) is 13.0 Å². The van der Waals surface area contributed by atoms with Crippen molar-refractivity contribution >= 4 is 11.8 Å². The Morgan fingerprint density at radius 3 is 2.43 bits per heavy atom. The van der Waals surface area contributed by atoms with Crippen molar-refractivity contribution < 1.29 is 14.3 Å². The van der Waals surface area contributed by atoms with Crippen LogP contribution >= 0.6 is 0 Å². The maximum Gasteiger partial charge on any atom is 0.309 e. The summed E-state index contributed by atoms with van der Waals surface area (Å²) in [7, 11) is 1.62. The lowest BCUT2D eigenvalue weighted by atomic mass is 10.1. The van der Waals surface area contributed by atoms with Crippen LogP contribution in [-0.4, -0.2) is 31.5 Å². The number of hydrogen-bond donors (Lipinski definition) is 2. The number of carbonyl (C=O) groups excluding carboxylic acids is 2. The molecule has 0 aliphatic heterocycles. The van der Waals surface area contributed by atoms with Gasteiger partial charge in [-0.2, -0.15) is 0 Å². The minimum Gasteiger partial charge on any atom is -0.497 e. The van der Waals surface area contributed by atoms with E-state index in [4.69, 9.17) is 4.74 Å². The molecule has 2 N–H and O–H groups in total. The Labute approximate surface area is 125 Å². The van der Waals surface area contributed by atoms with Crippen molar-refractivity contribution in [3.8, 4) is 5.75 Å². The van der Waals surface area contributed by atoms with Crippen molar-refractivity contribution in [2.24, 2.45) is 0 Å². The molecule has 21 heavy (non-hydrogen) atoms. The molecule has 0 saturated heterocycles. The lowest BCUT2D eigenvalue weighted by Crippen LogP contribution is -2.44. The highest BCUT2D eigenvalue weighted by atomic mass is 16.5. The number of ether oxygens (including phenoxy) is 1. The van der Waals surface area contributed by atoms with E-state index >= 15 is 0 Å². The highest BCUT2D eigenvalue weighted by Crippen LogP contribution is 2.17. The van der Waals surface area contributed by atoms with Crippen LogP contribution in [0.4, 0.5) is 0 Å². The van der Waals surface area contributed by atoms with Gasteiger partial charge in [-0.15, -0.1) is 0 Å². The quantitative estimate of drug-likeness (QED) is 0.806. The first-order valence-electron chi connectivity index (χ1n) is 7.40. The molecule has 1 aliphatic rings. The summed E-state index contributed by atoms with van der Waals surface area (Å²) in [5.74, 6) is -0.259. The Hall–Kier alpha value is -2.04. The molecule has 5 nitrogen and oxygen atoms in total. The standard InChI is InChI=1S/C16H22N2O3/c1-21-14-8-6-12(7-9-14)10-11-17-15(19)16(20)18-13-4-2-3-5-13/h6-9,13H,2-5,10-11H2,1H3,(H,17,19)(H,18,20). The van der Waals surface area contributed by atoms with Crippen molar-refractivity contribution in [2.45, 2.75) is 38.1 Å². The largest absolute Gasteiger partial charge is 0.497 e. The van der Waals surface area contributed by atoms with Gasteiger partial charge in [0.2, 0.25) is 0 Å². The molecule has 5 heteroatoms. The second-order valence-corrected chi connectivity index (χ2v) is 5.31. The SMILES string of the molecule is COc1ccc(CCNC(=O)C(=O)NC2CCCC2)cc1. The predicted octanol–water partition coefficient (Wildman–Crippen LogP) is 1.41. The Morgan fingerprint density at radius 2 is 1.81 bits per heavy atom. The molecular weight excluding hydrogens is 268 g/mol. The third-order valence-corrected chi connectivity index (χ3v) is 3.75. The number of nitrogens with one attached hydrogen (secondary N) is 2. The summed E-state index contributed by atoms with van der Waals surface area (Å²) in [4.78, 5) is 23.4. The number of amides is 2. The van der Waals surface area contributed by atoms with Crippen molar-refractivity contribution in [3.05, 3.63) is 29.8 Å². The predicted molar refractivity (Wildman–Crippen MR) is 80.1 cm³/mol. The Balaban J connectivity index is 1.69. The van der Waals surface area contributed by atoms with Gasteiger partial charge < -0.3 is 15.4 Å². The van der Waals surface area contributed by atoms with E-state index in [2.05, 4.69) is 10.6 Å². The monoisotopic (exact) mass is 290 g/mol. The highest BCUT2D eigenvalue weighted by molar-refractivity contribution is 6.35. The summed E-state index contributed by atoms with van der Waals surface area (Å²) < 4.78 is 5.08. The van der Waals surface area contributed by atoms with Crippen molar-refractivity contribution in [3.63, 3.8) is 0 Å². The molecule has 1 fully saturated rings. The van der Waals surface area contributed by atoms with E-state index in [1.54, 1.807) is 7.11 Å². The molecule has 0 radical (unpaired) electrons. The normalized spacial score (nSPS) is 14.7. The minimum atomic E-state index is -0.546. The third kappa shape index (κ3) is 4.77. The average Bonchev–Trinajstić information content (AvgIpc) is 3.00. The fraction of sp³-hybridized carbons (Fsp3) is 0.500. The van der Waals surface area contributed by atoms with Gasteiger partial charge in [0.25, 0.3) is 0 Å². The molecule has 0 bridgehead atoms. The van der Waals surface area contributed by atoms with Crippen LogP contribution in [0.3, 0.4) is 0 Å². The van der Waals surface area contributed by atoms with E-state index < -0.39 is 11.8 Å². The molecule has 2 amide bonds. The molecule has 0 spiro atoms. The fourth-order valence-electron chi connectivity index (χ4n) is 2.51. The van der Waals surface area contributed by atoms with Gasteiger partial charge in [-0.25, -0.2) is 0 Å². The van der Waals surface area contributed by atoms with Gasteiger partial charge in [0.05, 0.1) is 7.11 Å². The van der Waals surface area contributed by atoms with Crippen molar-refractivity contribution in [2.75, 3.05) is 13.7 Å². The van der Waals surface area contributed by atoms with Gasteiger partial charge >= 0.3 is 11.8 Å². The second kappa shape index (κ2) is 7.67. The van der Waals surface area contributed by atoms with E-state index in [1.165, 1.54) is 0 Å². The fourth-order valence-corrected chi connectivity index (χ4v) is 2.51. The summed E-state index contributed by atoms with van der Waals surface area (Å²) >= 11 is 0. The summed E-state index contributed by atoms with van der Waals surface area (Å²) in [5.41, 5.74) is 1.09. The minimum absolute atomic E-state index is 0.171.